The minimum Gasteiger partial charge on any atom is -0.467 e. The predicted octanol–water partition coefficient (Wildman–Crippen LogP) is 2.16. The Bertz CT molecular complexity index is 724. The number of carbonyl (C=O) groups excluding carboxylic acids is 3. The van der Waals surface area contributed by atoms with E-state index in [1.807, 2.05) is 0 Å². The van der Waals surface area contributed by atoms with Crippen LogP contribution in [-0.4, -0.2) is 59.0 Å². The number of nitrogen functional groups attached to an aromatic ring is 1. The molecule has 10 nitrogen and oxygen atoms in total. The minimum absolute atomic E-state index is 0.0557. The van der Waals surface area contributed by atoms with E-state index in [1.54, 1.807) is 26.8 Å². The van der Waals surface area contributed by atoms with Gasteiger partial charge in [0.05, 0.1) is 7.11 Å². The number of anilines is 1. The highest BCUT2D eigenvalue weighted by molar-refractivity contribution is 7.99. The zero-order valence-corrected chi connectivity index (χ0v) is 19.1. The summed E-state index contributed by atoms with van der Waals surface area (Å²) in [4.78, 5) is 43.5. The number of esters is 1. The topological polar surface area (TPSA) is 146 Å². The van der Waals surface area contributed by atoms with Gasteiger partial charge in [-0.15, -0.1) is 11.8 Å². The molecular formula is C18H28ClN5O5S. The number of nitrogens with one attached hydrogen (secondary N) is 2. The third-order valence-electron chi connectivity index (χ3n) is 3.43. The van der Waals surface area contributed by atoms with Gasteiger partial charge in [0.15, 0.2) is 0 Å². The number of carbonyl (C=O) groups is 3. The fraction of sp³-hybridized carbons (Fsp3) is 0.611. The number of amides is 2. The number of halogens is 1. The van der Waals surface area contributed by atoms with Crippen LogP contribution in [-0.2, 0) is 19.1 Å². The Morgan fingerprint density at radius 3 is 2.60 bits per heavy atom. The molecule has 0 unspecified atom stereocenters. The average Bonchev–Trinajstić information content (AvgIpc) is 2.61. The fourth-order valence-corrected chi connectivity index (χ4v) is 3.31. The molecule has 0 spiro atoms. The first-order valence-electron chi connectivity index (χ1n) is 9.27. The van der Waals surface area contributed by atoms with Gasteiger partial charge >= 0.3 is 12.1 Å². The number of aromatic nitrogens is 2. The van der Waals surface area contributed by atoms with Crippen molar-refractivity contribution < 1.29 is 23.9 Å². The summed E-state index contributed by atoms with van der Waals surface area (Å²) < 4.78 is 9.88. The van der Waals surface area contributed by atoms with E-state index in [0.717, 1.165) is 0 Å². The zero-order chi connectivity index (χ0) is 22.7. The van der Waals surface area contributed by atoms with Crippen LogP contribution < -0.4 is 16.4 Å². The van der Waals surface area contributed by atoms with Crippen LogP contribution in [0.2, 0.25) is 5.15 Å². The Hall–Kier alpha value is -2.27. The van der Waals surface area contributed by atoms with Crippen molar-refractivity contribution in [1.82, 2.24) is 20.6 Å². The third kappa shape index (κ3) is 11.1. The molecule has 2 amide bonds. The molecule has 0 aromatic carbocycles. The van der Waals surface area contributed by atoms with E-state index in [9.17, 15) is 14.4 Å². The molecule has 4 N–H and O–H groups in total. The lowest BCUT2D eigenvalue weighted by Crippen LogP contribution is -2.42. The maximum absolute atomic E-state index is 12.2. The molecule has 0 saturated heterocycles. The first kappa shape index (κ1) is 25.8. The van der Waals surface area contributed by atoms with Crippen LogP contribution in [0.4, 0.5) is 10.7 Å². The summed E-state index contributed by atoms with van der Waals surface area (Å²) in [7, 11) is 1.25. The van der Waals surface area contributed by atoms with Gasteiger partial charge in [0.2, 0.25) is 11.9 Å². The minimum atomic E-state index is -0.808. The van der Waals surface area contributed by atoms with E-state index in [1.165, 1.54) is 18.9 Å². The molecule has 12 heteroatoms. The van der Waals surface area contributed by atoms with Crippen molar-refractivity contribution in [2.45, 2.75) is 56.7 Å². The summed E-state index contributed by atoms with van der Waals surface area (Å²) in [5.41, 5.74) is 4.94. The lowest BCUT2D eigenvalue weighted by molar-refractivity contribution is -0.145. The SMILES string of the molecule is COC(=O)[C@H](CCCNC(=O)OC(C)(C)C)NC(=O)CCSc1cc(Cl)nc(N)n1. The Balaban J connectivity index is 2.41. The molecule has 0 radical (unpaired) electrons. The van der Waals surface area contributed by atoms with E-state index >= 15 is 0 Å². The summed E-state index contributed by atoms with van der Waals surface area (Å²) in [5.74, 6) is -0.401. The highest BCUT2D eigenvalue weighted by Crippen LogP contribution is 2.20. The quantitative estimate of drug-likeness (QED) is 0.206. The maximum atomic E-state index is 12.2. The normalized spacial score (nSPS) is 12.0. The molecule has 0 aliphatic rings. The lowest BCUT2D eigenvalue weighted by Gasteiger charge is -2.20. The first-order chi connectivity index (χ1) is 14.0. The molecule has 168 valence electrons. The van der Waals surface area contributed by atoms with Crippen molar-refractivity contribution in [1.29, 1.82) is 0 Å². The fourth-order valence-electron chi connectivity index (χ4n) is 2.20. The summed E-state index contributed by atoms with van der Waals surface area (Å²) in [5, 5.41) is 6.03. The van der Waals surface area contributed by atoms with Crippen molar-refractivity contribution in [3.63, 3.8) is 0 Å². The van der Waals surface area contributed by atoms with E-state index in [0.29, 0.717) is 30.2 Å². The number of hydrogen-bond donors (Lipinski definition) is 3. The van der Waals surface area contributed by atoms with Crippen LogP contribution in [0.15, 0.2) is 11.1 Å². The zero-order valence-electron chi connectivity index (χ0n) is 17.5. The van der Waals surface area contributed by atoms with Gasteiger partial charge in [0.1, 0.15) is 21.8 Å². The second kappa shape index (κ2) is 12.4. The number of methoxy groups -OCH3 is 1. The first-order valence-corrected chi connectivity index (χ1v) is 10.6. The third-order valence-corrected chi connectivity index (χ3v) is 4.53. The second-order valence-corrected chi connectivity index (χ2v) is 8.70. The number of hydrogen-bond acceptors (Lipinski definition) is 9. The summed E-state index contributed by atoms with van der Waals surface area (Å²) in [6.45, 7) is 5.59. The lowest BCUT2D eigenvalue weighted by atomic mass is 10.1. The number of nitrogens with two attached hydrogens (primary N) is 1. The van der Waals surface area contributed by atoms with Gasteiger partial charge in [0, 0.05) is 24.8 Å². The molecule has 0 bridgehead atoms. The van der Waals surface area contributed by atoms with Gasteiger partial charge in [-0.05, 0) is 33.6 Å². The van der Waals surface area contributed by atoms with E-state index < -0.39 is 23.7 Å². The molecule has 1 aromatic rings. The molecule has 0 aliphatic heterocycles. The van der Waals surface area contributed by atoms with Crippen molar-refractivity contribution in [2.75, 3.05) is 25.1 Å². The number of alkyl carbamates (subject to hydrolysis) is 1. The average molecular weight is 462 g/mol. The Morgan fingerprint density at radius 1 is 1.30 bits per heavy atom. The van der Waals surface area contributed by atoms with Crippen LogP contribution in [0, 0.1) is 0 Å². The van der Waals surface area contributed by atoms with E-state index in [4.69, 9.17) is 26.8 Å². The molecule has 0 saturated carbocycles. The molecular weight excluding hydrogens is 434 g/mol. The van der Waals surface area contributed by atoms with Crippen LogP contribution in [0.5, 0.6) is 0 Å². The van der Waals surface area contributed by atoms with Gasteiger partial charge in [-0.25, -0.2) is 19.6 Å². The predicted molar refractivity (Wildman–Crippen MR) is 114 cm³/mol. The van der Waals surface area contributed by atoms with Crippen molar-refractivity contribution >= 4 is 47.3 Å². The van der Waals surface area contributed by atoms with Gasteiger partial charge in [-0.3, -0.25) is 4.79 Å². The molecule has 0 aliphatic carbocycles. The van der Waals surface area contributed by atoms with Crippen LogP contribution >= 0.6 is 23.4 Å². The van der Waals surface area contributed by atoms with Crippen LogP contribution in [0.1, 0.15) is 40.0 Å². The van der Waals surface area contributed by atoms with Crippen molar-refractivity contribution in [2.24, 2.45) is 0 Å². The van der Waals surface area contributed by atoms with Gasteiger partial charge in [-0.1, -0.05) is 11.6 Å². The summed E-state index contributed by atoms with van der Waals surface area (Å²) in [6, 6.07) is 0.743. The number of thioether (sulfide) groups is 1. The van der Waals surface area contributed by atoms with Gasteiger partial charge in [-0.2, -0.15) is 0 Å². The van der Waals surface area contributed by atoms with Crippen molar-refractivity contribution in [3.8, 4) is 0 Å². The molecule has 1 aromatic heterocycles. The Kier molecular flexibility index (Phi) is 10.7. The van der Waals surface area contributed by atoms with Crippen molar-refractivity contribution in [3.05, 3.63) is 11.2 Å². The van der Waals surface area contributed by atoms with Gasteiger partial charge in [0.25, 0.3) is 0 Å². The Labute approximate surface area is 185 Å². The number of ether oxygens (including phenoxy) is 2. The number of rotatable bonds is 10. The smallest absolute Gasteiger partial charge is 0.407 e. The molecule has 1 rings (SSSR count). The summed E-state index contributed by atoms with van der Waals surface area (Å²) >= 11 is 7.11. The van der Waals surface area contributed by atoms with E-state index in [-0.39, 0.29) is 23.4 Å². The standard InChI is InChI=1S/C18H28ClN5O5S/c1-18(2,3)29-17(27)21-8-5-6-11(15(26)28-4)22-13(25)7-9-30-14-10-12(19)23-16(20)24-14/h10-11H,5-9H2,1-4H3,(H,21,27)(H,22,25)(H2,20,23,24)/t11-/m0/s1. The largest absolute Gasteiger partial charge is 0.467 e. The monoisotopic (exact) mass is 461 g/mol. The van der Waals surface area contributed by atoms with Gasteiger partial charge < -0.3 is 25.8 Å². The number of nitrogens with zero attached hydrogens (tertiary/aromatic N) is 2. The van der Waals surface area contributed by atoms with E-state index in [2.05, 4.69) is 20.6 Å². The highest BCUT2D eigenvalue weighted by atomic mass is 35.5. The molecule has 1 heterocycles. The molecule has 30 heavy (non-hydrogen) atoms. The van der Waals surface area contributed by atoms with Crippen LogP contribution in [0.25, 0.3) is 0 Å². The maximum Gasteiger partial charge on any atom is 0.407 e. The molecule has 0 fully saturated rings. The molecule has 1 atom stereocenters. The highest BCUT2D eigenvalue weighted by Gasteiger charge is 2.21. The van der Waals surface area contributed by atoms with Crippen LogP contribution in [0.3, 0.4) is 0 Å². The Morgan fingerprint density at radius 2 is 2.00 bits per heavy atom. The second-order valence-electron chi connectivity index (χ2n) is 7.20. The summed E-state index contributed by atoms with van der Waals surface area (Å²) in [6.07, 6.45) is 0.366.